The number of alkyl halides is 3. The van der Waals surface area contributed by atoms with Gasteiger partial charge in [-0.3, -0.25) is 9.78 Å². The van der Waals surface area contributed by atoms with Crippen molar-refractivity contribution in [1.29, 1.82) is 0 Å². The second kappa shape index (κ2) is 5.43. The van der Waals surface area contributed by atoms with Gasteiger partial charge in [0.25, 0.3) is 5.91 Å². The average Bonchev–Trinajstić information content (AvgIpc) is 2.45. The maximum absolute atomic E-state index is 12.8. The molecule has 0 unspecified atom stereocenters. The van der Waals surface area contributed by atoms with Crippen molar-refractivity contribution in [3.63, 3.8) is 0 Å². The summed E-state index contributed by atoms with van der Waals surface area (Å²) < 4.78 is 38.4. The molecular formula is C14H12F3N3O. The summed E-state index contributed by atoms with van der Waals surface area (Å²) in [6, 6.07) is 6.42. The largest absolute Gasteiger partial charge is 0.418 e. The number of nitrogens with two attached hydrogens (primary N) is 1. The van der Waals surface area contributed by atoms with Gasteiger partial charge in [0.2, 0.25) is 0 Å². The molecule has 7 heteroatoms. The molecule has 1 heterocycles. The van der Waals surface area contributed by atoms with E-state index in [1.807, 2.05) is 0 Å². The Balaban J connectivity index is 2.41. The number of anilines is 2. The Bertz CT molecular complexity index is 656. The smallest absolute Gasteiger partial charge is 0.398 e. The van der Waals surface area contributed by atoms with Crippen molar-refractivity contribution >= 4 is 17.3 Å². The number of para-hydroxylation sites is 1. The summed E-state index contributed by atoms with van der Waals surface area (Å²) in [5.74, 6) is -0.621. The van der Waals surface area contributed by atoms with E-state index in [9.17, 15) is 18.0 Å². The highest BCUT2D eigenvalue weighted by atomic mass is 19.4. The minimum Gasteiger partial charge on any atom is -0.398 e. The first kappa shape index (κ1) is 14.8. The summed E-state index contributed by atoms with van der Waals surface area (Å²) in [6.45, 7) is 0. The zero-order valence-electron chi connectivity index (χ0n) is 11.1. The molecule has 21 heavy (non-hydrogen) atoms. The number of nitrogens with zero attached hydrogens (tertiary/aromatic N) is 2. The molecule has 0 radical (unpaired) electrons. The van der Waals surface area contributed by atoms with Gasteiger partial charge in [0.05, 0.1) is 16.8 Å². The van der Waals surface area contributed by atoms with Gasteiger partial charge in [-0.25, -0.2) is 0 Å². The molecule has 0 aliphatic carbocycles. The van der Waals surface area contributed by atoms with Crippen LogP contribution in [-0.4, -0.2) is 17.9 Å². The van der Waals surface area contributed by atoms with Gasteiger partial charge in [-0.15, -0.1) is 0 Å². The highest BCUT2D eigenvalue weighted by molar-refractivity contribution is 6.09. The van der Waals surface area contributed by atoms with Crippen LogP contribution in [0.1, 0.15) is 15.9 Å². The molecule has 1 amide bonds. The summed E-state index contributed by atoms with van der Waals surface area (Å²) in [6.07, 6.45) is -1.64. The van der Waals surface area contributed by atoms with Crippen molar-refractivity contribution < 1.29 is 18.0 Å². The number of benzene rings is 1. The van der Waals surface area contributed by atoms with Crippen LogP contribution in [0.15, 0.2) is 42.7 Å². The Labute approximate surface area is 119 Å². The van der Waals surface area contributed by atoms with Gasteiger partial charge in [-0.2, -0.15) is 13.2 Å². The number of hydrogen-bond acceptors (Lipinski definition) is 3. The number of rotatable bonds is 2. The fraction of sp³-hybridized carbons (Fsp3) is 0.143. The number of carbonyl (C=O) groups is 1. The molecule has 1 aromatic heterocycles. The van der Waals surface area contributed by atoms with Gasteiger partial charge in [0, 0.05) is 25.1 Å². The van der Waals surface area contributed by atoms with Gasteiger partial charge in [0.15, 0.2) is 0 Å². The van der Waals surface area contributed by atoms with E-state index in [2.05, 4.69) is 4.98 Å². The van der Waals surface area contributed by atoms with Gasteiger partial charge in [-0.05, 0) is 24.3 Å². The van der Waals surface area contributed by atoms with Crippen molar-refractivity contribution in [2.75, 3.05) is 17.7 Å². The van der Waals surface area contributed by atoms with Gasteiger partial charge >= 0.3 is 6.18 Å². The first-order valence-electron chi connectivity index (χ1n) is 5.96. The molecule has 0 bridgehead atoms. The number of hydrogen-bond donors (Lipinski definition) is 1. The van der Waals surface area contributed by atoms with Gasteiger partial charge < -0.3 is 10.6 Å². The van der Waals surface area contributed by atoms with Crippen molar-refractivity contribution in [3.8, 4) is 0 Å². The summed E-state index contributed by atoms with van der Waals surface area (Å²) in [5, 5.41) is 0. The molecule has 2 aromatic rings. The van der Waals surface area contributed by atoms with E-state index in [1.54, 1.807) is 12.1 Å². The van der Waals surface area contributed by atoms with Crippen LogP contribution in [0.2, 0.25) is 0 Å². The Hall–Kier alpha value is -2.57. The lowest BCUT2D eigenvalue weighted by Crippen LogP contribution is -2.27. The number of carbonyl (C=O) groups excluding carboxylic acids is 1. The number of halogens is 3. The summed E-state index contributed by atoms with van der Waals surface area (Å²) in [5.41, 5.74) is 4.23. The van der Waals surface area contributed by atoms with Crippen LogP contribution in [0.25, 0.3) is 0 Å². The van der Waals surface area contributed by atoms with Crippen LogP contribution in [-0.2, 0) is 6.18 Å². The van der Waals surface area contributed by atoms with Crippen molar-refractivity contribution in [3.05, 3.63) is 53.9 Å². The lowest BCUT2D eigenvalue weighted by atomic mass is 10.1. The predicted molar refractivity (Wildman–Crippen MR) is 72.8 cm³/mol. The molecule has 0 saturated carbocycles. The van der Waals surface area contributed by atoms with Crippen LogP contribution in [0, 0.1) is 0 Å². The Morgan fingerprint density at radius 3 is 2.38 bits per heavy atom. The molecule has 2 N–H and O–H groups in total. The fourth-order valence-electron chi connectivity index (χ4n) is 1.86. The van der Waals surface area contributed by atoms with Crippen molar-refractivity contribution in [2.24, 2.45) is 0 Å². The second-order valence-electron chi connectivity index (χ2n) is 4.33. The van der Waals surface area contributed by atoms with E-state index in [0.29, 0.717) is 5.69 Å². The summed E-state index contributed by atoms with van der Waals surface area (Å²) >= 11 is 0. The van der Waals surface area contributed by atoms with Gasteiger partial charge in [0.1, 0.15) is 0 Å². The Morgan fingerprint density at radius 2 is 1.81 bits per heavy atom. The molecular weight excluding hydrogens is 283 g/mol. The standard InChI is InChI=1S/C14H12F3N3O/c1-20(9-5-7-19-8-6-9)13(21)10-3-2-4-11(12(10)18)14(15,16)17/h2-8H,18H2,1H3. The van der Waals surface area contributed by atoms with Crippen LogP contribution in [0.5, 0.6) is 0 Å². The van der Waals surface area contributed by atoms with Crippen molar-refractivity contribution in [1.82, 2.24) is 4.98 Å². The van der Waals surface area contributed by atoms with Crippen LogP contribution < -0.4 is 10.6 Å². The van der Waals surface area contributed by atoms with E-state index in [-0.39, 0.29) is 5.56 Å². The van der Waals surface area contributed by atoms with Gasteiger partial charge in [-0.1, -0.05) is 6.07 Å². The Morgan fingerprint density at radius 1 is 1.19 bits per heavy atom. The number of aromatic nitrogens is 1. The zero-order valence-corrected chi connectivity index (χ0v) is 11.1. The van der Waals surface area contributed by atoms with Crippen LogP contribution in [0.4, 0.5) is 24.5 Å². The number of amides is 1. The molecule has 2 rings (SSSR count). The molecule has 0 saturated heterocycles. The van der Waals surface area contributed by atoms with Crippen LogP contribution >= 0.6 is 0 Å². The van der Waals surface area contributed by atoms with E-state index < -0.39 is 23.3 Å². The first-order valence-corrected chi connectivity index (χ1v) is 5.96. The molecule has 1 aromatic carbocycles. The molecule has 0 aliphatic rings. The minimum atomic E-state index is -4.60. The number of nitrogen functional groups attached to an aromatic ring is 1. The van der Waals surface area contributed by atoms with E-state index in [1.165, 1.54) is 30.4 Å². The maximum atomic E-state index is 12.8. The topological polar surface area (TPSA) is 59.2 Å². The van der Waals surface area contributed by atoms with E-state index >= 15 is 0 Å². The number of pyridine rings is 1. The molecule has 0 spiro atoms. The van der Waals surface area contributed by atoms with E-state index in [4.69, 9.17) is 5.73 Å². The van der Waals surface area contributed by atoms with Crippen LogP contribution in [0.3, 0.4) is 0 Å². The molecule has 4 nitrogen and oxygen atoms in total. The molecule has 0 fully saturated rings. The lowest BCUT2D eigenvalue weighted by Gasteiger charge is -2.19. The lowest BCUT2D eigenvalue weighted by molar-refractivity contribution is -0.136. The quantitative estimate of drug-likeness (QED) is 0.867. The average molecular weight is 295 g/mol. The molecule has 110 valence electrons. The third-order valence-electron chi connectivity index (χ3n) is 3.00. The normalized spacial score (nSPS) is 11.2. The Kier molecular flexibility index (Phi) is 3.84. The third kappa shape index (κ3) is 2.96. The summed E-state index contributed by atoms with van der Waals surface area (Å²) in [4.78, 5) is 17.3. The highest BCUT2D eigenvalue weighted by Gasteiger charge is 2.34. The third-order valence-corrected chi connectivity index (χ3v) is 3.00. The van der Waals surface area contributed by atoms with Crippen molar-refractivity contribution in [2.45, 2.75) is 6.18 Å². The fourth-order valence-corrected chi connectivity index (χ4v) is 1.86. The minimum absolute atomic E-state index is 0.191. The second-order valence-corrected chi connectivity index (χ2v) is 4.33. The zero-order chi connectivity index (χ0) is 15.6. The monoisotopic (exact) mass is 295 g/mol. The molecule has 0 aliphatic heterocycles. The van der Waals surface area contributed by atoms with E-state index in [0.717, 1.165) is 12.1 Å². The predicted octanol–water partition coefficient (Wildman–Crippen LogP) is 2.96. The maximum Gasteiger partial charge on any atom is 0.418 e. The summed E-state index contributed by atoms with van der Waals surface area (Å²) in [7, 11) is 1.46. The SMILES string of the molecule is CN(C(=O)c1cccc(C(F)(F)F)c1N)c1ccncc1. The first-order chi connectivity index (χ1) is 9.82. The highest BCUT2D eigenvalue weighted by Crippen LogP contribution is 2.35. The molecule has 0 atom stereocenters.